The Kier molecular flexibility index (Phi) is 22.7. The number of halogens is 2. The predicted octanol–water partition coefficient (Wildman–Crippen LogP) is 6.95. The van der Waals surface area contributed by atoms with E-state index in [-0.39, 0.29) is 31.4 Å². The molecule has 7 nitrogen and oxygen atoms in total. The summed E-state index contributed by atoms with van der Waals surface area (Å²) >= 11 is 0. The molecule has 0 aliphatic rings. The molecule has 3 rings (SSSR count). The largest absolute Gasteiger partial charge is 0.489 e. The van der Waals surface area contributed by atoms with Crippen LogP contribution in [-0.4, -0.2) is 77.6 Å². The van der Waals surface area contributed by atoms with Crippen molar-refractivity contribution in [2.75, 3.05) is 52.5 Å². The minimum Gasteiger partial charge on any atom is -0.489 e. The topological polar surface area (TPSA) is 71.0 Å². The summed E-state index contributed by atoms with van der Waals surface area (Å²) in [6.45, 7) is 18.0. The summed E-state index contributed by atoms with van der Waals surface area (Å²) in [6, 6.07) is 20.4. The van der Waals surface area contributed by atoms with Gasteiger partial charge in [-0.15, -0.1) is 29.9 Å². The first kappa shape index (κ1) is 39.6. The summed E-state index contributed by atoms with van der Waals surface area (Å²) in [5, 5.41) is 17.3. The fourth-order valence-corrected chi connectivity index (χ4v) is 4.22. The van der Waals surface area contributed by atoms with Crippen LogP contribution in [0.4, 0.5) is 0 Å². The summed E-state index contributed by atoms with van der Waals surface area (Å²) in [7, 11) is 0. The van der Waals surface area contributed by atoms with Gasteiger partial charge < -0.3 is 24.4 Å². The lowest BCUT2D eigenvalue weighted by Gasteiger charge is -2.18. The van der Waals surface area contributed by atoms with E-state index < -0.39 is 0 Å². The van der Waals surface area contributed by atoms with E-state index in [1.807, 2.05) is 36.4 Å². The Morgan fingerprint density at radius 2 is 1.36 bits per heavy atom. The summed E-state index contributed by atoms with van der Waals surface area (Å²) in [4.78, 5) is 4.51. The molecule has 0 saturated heterocycles. The summed E-state index contributed by atoms with van der Waals surface area (Å²) in [5.41, 5.74) is 4.36. The zero-order valence-electron chi connectivity index (χ0n) is 26.1. The van der Waals surface area contributed by atoms with Crippen LogP contribution >= 0.6 is 24.8 Å². The van der Waals surface area contributed by atoms with Crippen molar-refractivity contribution in [2.45, 2.75) is 60.5 Å². The highest BCUT2D eigenvalue weighted by Gasteiger charge is 2.11. The van der Waals surface area contributed by atoms with E-state index >= 15 is 0 Å². The summed E-state index contributed by atoms with van der Waals surface area (Å²) < 4.78 is 11.9. The fourth-order valence-electron chi connectivity index (χ4n) is 4.22. The maximum atomic E-state index is 8.46. The van der Waals surface area contributed by atoms with Gasteiger partial charge in [0.05, 0.1) is 12.3 Å². The molecule has 0 saturated carbocycles. The Labute approximate surface area is 266 Å². The van der Waals surface area contributed by atoms with E-state index in [4.69, 9.17) is 14.6 Å². The number of rotatable bonds is 17. The van der Waals surface area contributed by atoms with Crippen LogP contribution < -0.4 is 9.47 Å². The molecule has 1 N–H and O–H groups in total. The van der Waals surface area contributed by atoms with Crippen molar-refractivity contribution in [3.63, 3.8) is 0 Å². The molecule has 1 heterocycles. The van der Waals surface area contributed by atoms with E-state index in [1.165, 1.54) is 0 Å². The Morgan fingerprint density at radius 3 is 1.90 bits per heavy atom. The minimum absolute atomic E-state index is 0. The molecule has 236 valence electrons. The average molecular weight is 624 g/mol. The van der Waals surface area contributed by atoms with Crippen molar-refractivity contribution in [1.82, 2.24) is 20.0 Å². The second-order valence-electron chi connectivity index (χ2n) is 9.57. The molecule has 1 aromatic heterocycles. The van der Waals surface area contributed by atoms with E-state index in [2.05, 4.69) is 78.9 Å². The highest BCUT2D eigenvalue weighted by molar-refractivity contribution is 5.85. The van der Waals surface area contributed by atoms with Crippen molar-refractivity contribution in [3.8, 4) is 22.8 Å². The highest BCUT2D eigenvalue weighted by Crippen LogP contribution is 2.28. The zero-order chi connectivity index (χ0) is 29.0. The smallest absolute Gasteiger partial charge is 0.234 e. The number of nitrogens with zero attached hydrogens (tertiary/aromatic N) is 4. The number of likely N-dealkylation sites (N-methyl/N-ethyl adjacent to an activating group) is 2. The van der Waals surface area contributed by atoms with Crippen molar-refractivity contribution in [3.05, 3.63) is 71.9 Å². The van der Waals surface area contributed by atoms with Gasteiger partial charge in [-0.3, -0.25) is 0 Å². The van der Waals surface area contributed by atoms with E-state index in [1.54, 1.807) is 0 Å². The molecule has 0 bridgehead atoms. The van der Waals surface area contributed by atoms with E-state index in [0.717, 1.165) is 86.7 Å². The molecule has 0 spiro atoms. The number of unbranched alkanes of at least 4 members (excludes halogenated alkanes) is 1. The number of hydrogen-bond acceptors (Lipinski definition) is 7. The molecule has 0 radical (unpaired) electrons. The van der Waals surface area contributed by atoms with Crippen LogP contribution in [0.2, 0.25) is 0 Å². The zero-order valence-corrected chi connectivity index (χ0v) is 27.8. The number of benzene rings is 2. The van der Waals surface area contributed by atoms with Gasteiger partial charge in [-0.2, -0.15) is 5.10 Å². The van der Waals surface area contributed by atoms with Gasteiger partial charge in [0.1, 0.15) is 19.0 Å². The van der Waals surface area contributed by atoms with Gasteiger partial charge in [-0.1, -0.05) is 83.5 Å². The maximum Gasteiger partial charge on any atom is 0.234 e. The van der Waals surface area contributed by atoms with Crippen molar-refractivity contribution in [2.24, 2.45) is 0 Å². The van der Waals surface area contributed by atoms with Crippen molar-refractivity contribution in [1.29, 1.82) is 0 Å². The number of aliphatic hydroxyl groups excluding tert-OH is 1. The Morgan fingerprint density at radius 1 is 0.738 bits per heavy atom. The van der Waals surface area contributed by atoms with Gasteiger partial charge in [-0.05, 0) is 62.3 Å². The molecule has 0 amide bonds. The second-order valence-corrected chi connectivity index (χ2v) is 9.57. The third-order valence-corrected chi connectivity index (χ3v) is 6.89. The lowest BCUT2D eigenvalue weighted by atomic mass is 10.0. The summed E-state index contributed by atoms with van der Waals surface area (Å²) in [5.74, 6) is 1.43. The van der Waals surface area contributed by atoms with E-state index in [0.29, 0.717) is 19.1 Å². The first-order valence-electron chi connectivity index (χ1n) is 14.9. The van der Waals surface area contributed by atoms with Gasteiger partial charge in [-0.25, -0.2) is 0 Å². The molecule has 9 heteroatoms. The molecular formula is C33H52Cl2N4O3. The quantitative estimate of drug-likeness (QED) is 0.175. The molecule has 3 aromatic rings. The van der Waals surface area contributed by atoms with Gasteiger partial charge in [0.25, 0.3) is 0 Å². The third kappa shape index (κ3) is 14.7. The van der Waals surface area contributed by atoms with Crippen LogP contribution in [-0.2, 0) is 13.0 Å². The molecule has 42 heavy (non-hydrogen) atoms. The van der Waals surface area contributed by atoms with Gasteiger partial charge in [0.15, 0.2) is 0 Å². The van der Waals surface area contributed by atoms with Gasteiger partial charge in [0.2, 0.25) is 5.88 Å². The average Bonchev–Trinajstić information content (AvgIpc) is 3.01. The molecule has 0 atom stereocenters. The SMILES string of the molecule is CCCCc1nnc(OCCN(CC)CC)cc1-c1ccc(OCc2ccccc2)cc1.CCN(CC)CCO.Cl.Cl. The molecule has 2 aromatic carbocycles. The number of aryl methyl sites for hydroxylation is 1. The molecule has 0 aliphatic heterocycles. The lowest BCUT2D eigenvalue weighted by Crippen LogP contribution is -2.28. The van der Waals surface area contributed by atoms with Gasteiger partial charge in [0, 0.05) is 24.7 Å². The van der Waals surface area contributed by atoms with Crippen molar-refractivity contribution < 1.29 is 14.6 Å². The Hall–Kier alpha value is -2.42. The monoisotopic (exact) mass is 622 g/mol. The fraction of sp³-hybridized carbons (Fsp3) is 0.515. The van der Waals surface area contributed by atoms with Crippen LogP contribution in [0.5, 0.6) is 11.6 Å². The highest BCUT2D eigenvalue weighted by atomic mass is 35.5. The number of aromatic nitrogens is 2. The normalized spacial score (nSPS) is 10.4. The molecule has 0 fully saturated rings. The summed E-state index contributed by atoms with van der Waals surface area (Å²) in [6.07, 6.45) is 3.11. The van der Waals surface area contributed by atoms with Crippen LogP contribution in [0, 0.1) is 0 Å². The third-order valence-electron chi connectivity index (χ3n) is 6.89. The van der Waals surface area contributed by atoms with Crippen LogP contribution in [0.15, 0.2) is 60.7 Å². The maximum absolute atomic E-state index is 8.46. The number of aliphatic hydroxyl groups is 1. The number of hydrogen-bond donors (Lipinski definition) is 1. The van der Waals surface area contributed by atoms with E-state index in [9.17, 15) is 0 Å². The second kappa shape index (κ2) is 24.1. The predicted molar refractivity (Wildman–Crippen MR) is 180 cm³/mol. The first-order chi connectivity index (χ1) is 19.6. The van der Waals surface area contributed by atoms with Crippen LogP contribution in [0.25, 0.3) is 11.1 Å². The van der Waals surface area contributed by atoms with Crippen LogP contribution in [0.1, 0.15) is 58.7 Å². The lowest BCUT2D eigenvalue weighted by molar-refractivity contribution is 0.208. The molecular weight excluding hydrogens is 571 g/mol. The van der Waals surface area contributed by atoms with Crippen LogP contribution in [0.3, 0.4) is 0 Å². The first-order valence-corrected chi connectivity index (χ1v) is 14.9. The standard InChI is InChI=1S/C27H35N3O2.C6H15NO.2ClH/c1-4-7-13-26-25(20-27(29-28-26)31-19-18-30(5-2)6-3)23-14-16-24(17-15-23)32-21-22-11-9-8-10-12-22;1-3-7(4-2)5-6-8;;/h8-12,14-17,20H,4-7,13,18-19,21H2,1-3H3;8H,3-6H2,1-2H3;2*1H. The Bertz CT molecular complexity index is 1050. The molecule has 0 unspecified atom stereocenters. The minimum atomic E-state index is 0. The molecule has 0 aliphatic carbocycles. The Balaban J connectivity index is 0.00000148. The number of ether oxygens (including phenoxy) is 2. The van der Waals surface area contributed by atoms with Gasteiger partial charge >= 0.3 is 0 Å². The van der Waals surface area contributed by atoms with Crippen molar-refractivity contribution >= 4 is 24.8 Å².